The minimum atomic E-state index is -3.83. The second-order valence-corrected chi connectivity index (χ2v) is 9.60. The number of hydrogen-bond donors (Lipinski definition) is 2. The third kappa shape index (κ3) is 7.29. The summed E-state index contributed by atoms with van der Waals surface area (Å²) in [6.45, 7) is 3.38. The number of carbonyl (C=O) groups is 2. The number of nitrogens with one attached hydrogen (secondary N) is 2. The highest BCUT2D eigenvalue weighted by Gasteiger charge is 2.20. The first kappa shape index (κ1) is 26.2. The largest absolute Gasteiger partial charge is 0.482 e. The van der Waals surface area contributed by atoms with Crippen LogP contribution in [0.4, 0.5) is 5.69 Å². The number of ether oxygens (including phenoxy) is 2. The number of esters is 1. The van der Waals surface area contributed by atoms with Gasteiger partial charge in [0.2, 0.25) is 10.0 Å². The van der Waals surface area contributed by atoms with Gasteiger partial charge in [0.05, 0.1) is 22.1 Å². The summed E-state index contributed by atoms with van der Waals surface area (Å²) in [7, 11) is -3.83. The minimum Gasteiger partial charge on any atom is -0.482 e. The number of hydrogen-bond acceptors (Lipinski definition) is 6. The summed E-state index contributed by atoms with van der Waals surface area (Å²) >= 11 is 6.21. The number of carbonyl (C=O) groups excluding carboxylic acids is 2. The summed E-state index contributed by atoms with van der Waals surface area (Å²) in [6, 6.07) is 19.0. The third-order valence-corrected chi connectivity index (χ3v) is 6.72. The molecule has 35 heavy (non-hydrogen) atoms. The van der Waals surface area contributed by atoms with Crippen LogP contribution in [-0.4, -0.2) is 33.5 Å². The second-order valence-electron chi connectivity index (χ2n) is 7.48. The highest BCUT2D eigenvalue weighted by Crippen LogP contribution is 2.28. The van der Waals surface area contributed by atoms with E-state index in [2.05, 4.69) is 10.0 Å². The van der Waals surface area contributed by atoms with Crippen LogP contribution < -0.4 is 14.8 Å². The molecule has 0 aromatic heterocycles. The second kappa shape index (κ2) is 11.8. The van der Waals surface area contributed by atoms with E-state index in [1.54, 1.807) is 26.0 Å². The number of sulfonamides is 1. The van der Waals surface area contributed by atoms with E-state index in [0.717, 1.165) is 5.56 Å². The molecule has 0 saturated heterocycles. The Morgan fingerprint density at radius 1 is 1.00 bits per heavy atom. The van der Waals surface area contributed by atoms with Gasteiger partial charge in [-0.2, -0.15) is 0 Å². The summed E-state index contributed by atoms with van der Waals surface area (Å²) < 4.78 is 38.5. The smallest absolute Gasteiger partial charge is 0.338 e. The van der Waals surface area contributed by atoms with Crippen molar-refractivity contribution in [2.75, 3.05) is 18.5 Å². The zero-order valence-corrected chi connectivity index (χ0v) is 20.7. The lowest BCUT2D eigenvalue weighted by atomic mass is 10.1. The van der Waals surface area contributed by atoms with Gasteiger partial charge < -0.3 is 14.8 Å². The molecule has 8 nitrogen and oxygen atoms in total. The summed E-state index contributed by atoms with van der Waals surface area (Å²) in [6.07, 6.45) is 0. The summed E-state index contributed by atoms with van der Waals surface area (Å²) in [5, 5.41) is 2.69. The van der Waals surface area contributed by atoms with Gasteiger partial charge in [0.1, 0.15) is 5.75 Å². The first-order chi connectivity index (χ1) is 16.7. The van der Waals surface area contributed by atoms with Gasteiger partial charge in [-0.25, -0.2) is 17.9 Å². The van der Waals surface area contributed by atoms with Crippen LogP contribution in [0.1, 0.15) is 35.8 Å². The first-order valence-corrected chi connectivity index (χ1v) is 12.6. The van der Waals surface area contributed by atoms with Crippen LogP contribution in [0, 0.1) is 0 Å². The van der Waals surface area contributed by atoms with Crippen LogP contribution in [-0.2, 0) is 19.6 Å². The van der Waals surface area contributed by atoms with Crippen LogP contribution in [0.25, 0.3) is 0 Å². The Bertz CT molecular complexity index is 1280. The average Bonchev–Trinajstić information content (AvgIpc) is 2.84. The monoisotopic (exact) mass is 516 g/mol. The van der Waals surface area contributed by atoms with Gasteiger partial charge in [-0.1, -0.05) is 41.9 Å². The van der Waals surface area contributed by atoms with Crippen molar-refractivity contribution in [1.82, 2.24) is 4.72 Å². The maximum atomic E-state index is 12.7. The van der Waals surface area contributed by atoms with Gasteiger partial charge >= 0.3 is 5.97 Å². The zero-order chi connectivity index (χ0) is 25.4. The lowest BCUT2D eigenvalue weighted by Gasteiger charge is -2.15. The quantitative estimate of drug-likeness (QED) is 0.382. The standard InChI is InChI=1S/C25H25ClN2O6S/c1-3-33-25(30)19-9-11-20(12-10-19)27-24(29)16-34-23-14-13-21(15-22(23)26)35(31,32)28-17(2)18-7-5-4-6-8-18/h4-15,17,28H,3,16H2,1-2H3,(H,27,29)/t17-/m1/s1. The predicted molar refractivity (Wildman–Crippen MR) is 133 cm³/mol. The molecular formula is C25H25ClN2O6S. The molecule has 0 saturated carbocycles. The number of rotatable bonds is 10. The molecule has 0 aliphatic rings. The number of amides is 1. The molecule has 0 aliphatic carbocycles. The molecule has 1 amide bonds. The summed E-state index contributed by atoms with van der Waals surface area (Å²) in [4.78, 5) is 23.9. The predicted octanol–water partition coefficient (Wildman–Crippen LogP) is 4.57. The molecule has 184 valence electrons. The van der Waals surface area contributed by atoms with Gasteiger partial charge in [-0.15, -0.1) is 0 Å². The van der Waals surface area contributed by atoms with Crippen molar-refractivity contribution in [3.05, 3.63) is 88.9 Å². The van der Waals surface area contributed by atoms with E-state index in [-0.39, 0.29) is 28.9 Å². The molecular weight excluding hydrogens is 492 g/mol. The minimum absolute atomic E-state index is 0.0243. The number of halogens is 1. The van der Waals surface area contributed by atoms with Crippen LogP contribution in [0.15, 0.2) is 77.7 Å². The fourth-order valence-corrected chi connectivity index (χ4v) is 4.68. The molecule has 0 spiro atoms. The highest BCUT2D eigenvalue weighted by molar-refractivity contribution is 7.89. The maximum Gasteiger partial charge on any atom is 0.338 e. The first-order valence-electron chi connectivity index (χ1n) is 10.8. The molecule has 3 aromatic carbocycles. The molecule has 3 aromatic rings. The molecule has 0 aliphatic heterocycles. The zero-order valence-electron chi connectivity index (χ0n) is 19.2. The fraction of sp³-hybridized carbons (Fsp3) is 0.200. The van der Waals surface area contributed by atoms with Gasteiger partial charge in [0.25, 0.3) is 5.91 Å². The molecule has 0 radical (unpaired) electrons. The van der Waals surface area contributed by atoms with E-state index < -0.39 is 27.9 Å². The molecule has 3 rings (SSSR count). The van der Waals surface area contributed by atoms with Crippen molar-refractivity contribution in [2.45, 2.75) is 24.8 Å². The summed E-state index contributed by atoms with van der Waals surface area (Å²) in [5.74, 6) is -0.743. The van der Waals surface area contributed by atoms with Crippen molar-refractivity contribution in [3.63, 3.8) is 0 Å². The van der Waals surface area contributed by atoms with Crippen LogP contribution >= 0.6 is 11.6 Å². The maximum absolute atomic E-state index is 12.7. The van der Waals surface area contributed by atoms with E-state index in [1.807, 2.05) is 30.3 Å². The van der Waals surface area contributed by atoms with E-state index in [0.29, 0.717) is 11.3 Å². The van der Waals surface area contributed by atoms with Crippen LogP contribution in [0.3, 0.4) is 0 Å². The lowest BCUT2D eigenvalue weighted by Crippen LogP contribution is -2.27. The van der Waals surface area contributed by atoms with E-state index in [4.69, 9.17) is 21.1 Å². The molecule has 0 unspecified atom stereocenters. The molecule has 0 heterocycles. The number of anilines is 1. The Kier molecular flexibility index (Phi) is 8.86. The molecule has 1 atom stereocenters. The van der Waals surface area contributed by atoms with Crippen molar-refractivity contribution in [3.8, 4) is 5.75 Å². The van der Waals surface area contributed by atoms with Gasteiger partial charge in [0.15, 0.2) is 6.61 Å². The van der Waals surface area contributed by atoms with E-state index in [9.17, 15) is 18.0 Å². The Morgan fingerprint density at radius 3 is 2.31 bits per heavy atom. The average molecular weight is 517 g/mol. The van der Waals surface area contributed by atoms with Gasteiger partial charge in [0, 0.05) is 11.7 Å². The highest BCUT2D eigenvalue weighted by atomic mass is 35.5. The normalized spacial score (nSPS) is 12.0. The van der Waals surface area contributed by atoms with Crippen molar-refractivity contribution in [2.24, 2.45) is 0 Å². The Morgan fingerprint density at radius 2 is 1.69 bits per heavy atom. The van der Waals surface area contributed by atoms with E-state index >= 15 is 0 Å². The van der Waals surface area contributed by atoms with Gasteiger partial charge in [-0.3, -0.25) is 4.79 Å². The van der Waals surface area contributed by atoms with Crippen molar-refractivity contribution < 1.29 is 27.5 Å². The van der Waals surface area contributed by atoms with Crippen molar-refractivity contribution >= 4 is 39.2 Å². The molecule has 10 heteroatoms. The Labute approximate surface area is 209 Å². The molecule has 0 bridgehead atoms. The van der Waals surface area contributed by atoms with E-state index in [1.165, 1.54) is 30.3 Å². The van der Waals surface area contributed by atoms with Crippen LogP contribution in [0.2, 0.25) is 5.02 Å². The Hall–Kier alpha value is -3.40. The van der Waals surface area contributed by atoms with Gasteiger partial charge in [-0.05, 0) is 61.9 Å². The Balaban J connectivity index is 1.57. The molecule has 2 N–H and O–H groups in total. The fourth-order valence-electron chi connectivity index (χ4n) is 3.12. The van der Waals surface area contributed by atoms with Crippen LogP contribution in [0.5, 0.6) is 5.75 Å². The summed E-state index contributed by atoms with van der Waals surface area (Å²) in [5.41, 5.74) is 1.66. The topological polar surface area (TPSA) is 111 Å². The third-order valence-electron chi connectivity index (χ3n) is 4.88. The lowest BCUT2D eigenvalue weighted by molar-refractivity contribution is -0.118. The molecule has 0 fully saturated rings. The SMILES string of the molecule is CCOC(=O)c1ccc(NC(=O)COc2ccc(S(=O)(=O)N[C@H](C)c3ccccc3)cc2Cl)cc1. The van der Waals surface area contributed by atoms with Crippen molar-refractivity contribution in [1.29, 1.82) is 0 Å². The number of benzene rings is 3.